The van der Waals surface area contributed by atoms with Crippen LogP contribution in [0.4, 0.5) is 10.2 Å². The van der Waals surface area contributed by atoms with Gasteiger partial charge in [0.15, 0.2) is 5.82 Å². The Kier molecular flexibility index (Phi) is 4.19. The number of hydrogen-bond donors (Lipinski definition) is 1. The number of rotatable bonds is 5. The lowest BCUT2D eigenvalue weighted by Crippen LogP contribution is -2.07. The van der Waals surface area contributed by atoms with Crippen LogP contribution in [0.1, 0.15) is 37.8 Å². The molecule has 1 aromatic carbocycles. The minimum Gasteiger partial charge on any atom is -0.369 e. The minimum absolute atomic E-state index is 0.268. The minimum atomic E-state index is -0.268. The first-order valence-electron chi connectivity index (χ1n) is 7.26. The van der Waals surface area contributed by atoms with Crippen LogP contribution in [0.15, 0.2) is 28.7 Å². The lowest BCUT2D eigenvalue weighted by Gasteiger charge is -2.12. The highest BCUT2D eigenvalue weighted by Crippen LogP contribution is 2.44. The molecular formula is C16H17BrFN3. The van der Waals surface area contributed by atoms with Crippen LogP contribution in [0, 0.1) is 5.82 Å². The fraction of sp³-hybridized carbons (Fsp3) is 0.375. The molecule has 3 rings (SSSR count). The molecule has 3 nitrogen and oxygen atoms in total. The summed E-state index contributed by atoms with van der Waals surface area (Å²) in [5.41, 5.74) is 1.74. The normalized spacial score (nSPS) is 14.2. The van der Waals surface area contributed by atoms with Crippen LogP contribution in [0.2, 0.25) is 0 Å². The highest BCUT2D eigenvalue weighted by molar-refractivity contribution is 9.10. The Hall–Kier alpha value is -1.49. The van der Waals surface area contributed by atoms with Gasteiger partial charge in [-0.3, -0.25) is 0 Å². The van der Waals surface area contributed by atoms with Gasteiger partial charge in [-0.15, -0.1) is 0 Å². The molecule has 1 saturated carbocycles. The number of nitrogens with zero attached hydrogens (tertiary/aromatic N) is 2. The molecule has 1 heterocycles. The van der Waals surface area contributed by atoms with Crippen molar-refractivity contribution in [3.63, 3.8) is 0 Å². The maximum atomic E-state index is 13.4. The van der Waals surface area contributed by atoms with Crippen LogP contribution in [-0.2, 0) is 0 Å². The van der Waals surface area contributed by atoms with Crippen molar-refractivity contribution < 1.29 is 4.39 Å². The van der Waals surface area contributed by atoms with E-state index in [4.69, 9.17) is 0 Å². The molecule has 0 spiro atoms. The van der Waals surface area contributed by atoms with Gasteiger partial charge in [0, 0.05) is 18.0 Å². The molecule has 1 aliphatic carbocycles. The van der Waals surface area contributed by atoms with Gasteiger partial charge in [0.05, 0.1) is 10.2 Å². The predicted molar refractivity (Wildman–Crippen MR) is 85.9 cm³/mol. The predicted octanol–water partition coefficient (Wildman–Crippen LogP) is 4.74. The van der Waals surface area contributed by atoms with E-state index in [9.17, 15) is 4.39 Å². The van der Waals surface area contributed by atoms with E-state index in [-0.39, 0.29) is 5.82 Å². The molecule has 1 N–H and O–H groups in total. The van der Waals surface area contributed by atoms with Crippen LogP contribution in [-0.4, -0.2) is 16.5 Å². The van der Waals surface area contributed by atoms with Crippen molar-refractivity contribution in [2.75, 3.05) is 11.9 Å². The summed E-state index contributed by atoms with van der Waals surface area (Å²) in [6.45, 7) is 2.96. The Labute approximate surface area is 132 Å². The zero-order valence-electron chi connectivity index (χ0n) is 11.9. The molecule has 0 unspecified atom stereocenters. The average molecular weight is 350 g/mol. The molecule has 110 valence electrons. The third kappa shape index (κ3) is 3.23. The molecule has 2 aromatic rings. The third-order valence-corrected chi connectivity index (χ3v) is 4.25. The topological polar surface area (TPSA) is 37.8 Å². The highest BCUT2D eigenvalue weighted by Gasteiger charge is 2.29. The standard InChI is InChI=1S/C16H17BrFN3/c1-2-8-19-16-13(17)14(10-6-7-10)20-15(21-16)11-4-3-5-12(18)9-11/h3-5,9-10H,2,6-8H2,1H3,(H,19,20,21). The first kappa shape index (κ1) is 14.4. The molecule has 1 aliphatic rings. The third-order valence-electron chi connectivity index (χ3n) is 3.47. The molecule has 21 heavy (non-hydrogen) atoms. The smallest absolute Gasteiger partial charge is 0.161 e. The number of nitrogens with one attached hydrogen (secondary N) is 1. The quantitative estimate of drug-likeness (QED) is 0.846. The van der Waals surface area contributed by atoms with Gasteiger partial charge < -0.3 is 5.32 Å². The van der Waals surface area contributed by atoms with Crippen molar-refractivity contribution in [2.45, 2.75) is 32.1 Å². The van der Waals surface area contributed by atoms with E-state index in [0.29, 0.717) is 17.3 Å². The summed E-state index contributed by atoms with van der Waals surface area (Å²) in [5.74, 6) is 1.61. The molecule has 1 aromatic heterocycles. The summed E-state index contributed by atoms with van der Waals surface area (Å²) < 4.78 is 14.4. The average Bonchev–Trinajstić information content (AvgIpc) is 3.31. The maximum absolute atomic E-state index is 13.4. The van der Waals surface area contributed by atoms with Gasteiger partial charge in [-0.25, -0.2) is 14.4 Å². The number of anilines is 1. The Balaban J connectivity index is 2.05. The number of halogens is 2. The van der Waals surface area contributed by atoms with Crippen LogP contribution in [0.3, 0.4) is 0 Å². The van der Waals surface area contributed by atoms with E-state index in [0.717, 1.165) is 41.8 Å². The Morgan fingerprint density at radius 2 is 2.14 bits per heavy atom. The zero-order valence-corrected chi connectivity index (χ0v) is 13.5. The molecule has 0 aliphatic heterocycles. The van der Waals surface area contributed by atoms with E-state index < -0.39 is 0 Å². The van der Waals surface area contributed by atoms with Gasteiger partial charge in [0.1, 0.15) is 11.6 Å². The van der Waals surface area contributed by atoms with Gasteiger partial charge in [0.2, 0.25) is 0 Å². The van der Waals surface area contributed by atoms with E-state index in [1.807, 2.05) is 6.07 Å². The second-order valence-corrected chi connectivity index (χ2v) is 6.10. The van der Waals surface area contributed by atoms with Crippen molar-refractivity contribution in [3.8, 4) is 11.4 Å². The molecular weight excluding hydrogens is 333 g/mol. The molecule has 0 radical (unpaired) electrons. The van der Waals surface area contributed by atoms with Crippen LogP contribution >= 0.6 is 15.9 Å². The second-order valence-electron chi connectivity index (χ2n) is 5.31. The van der Waals surface area contributed by atoms with Crippen LogP contribution in [0.25, 0.3) is 11.4 Å². The highest BCUT2D eigenvalue weighted by atomic mass is 79.9. The molecule has 0 bridgehead atoms. The van der Waals surface area contributed by atoms with Crippen LogP contribution < -0.4 is 5.32 Å². The molecule has 0 atom stereocenters. The van der Waals surface area contributed by atoms with Gasteiger partial charge in [-0.1, -0.05) is 19.1 Å². The Morgan fingerprint density at radius 3 is 2.81 bits per heavy atom. The van der Waals surface area contributed by atoms with E-state index in [1.54, 1.807) is 6.07 Å². The first-order chi connectivity index (χ1) is 10.2. The van der Waals surface area contributed by atoms with Crippen molar-refractivity contribution in [2.24, 2.45) is 0 Å². The zero-order chi connectivity index (χ0) is 14.8. The summed E-state index contributed by atoms with van der Waals surface area (Å²) >= 11 is 3.61. The van der Waals surface area contributed by atoms with Gasteiger partial charge in [-0.2, -0.15) is 0 Å². The van der Waals surface area contributed by atoms with Crippen molar-refractivity contribution in [3.05, 3.63) is 40.2 Å². The molecule has 1 fully saturated rings. The fourth-order valence-electron chi connectivity index (χ4n) is 2.21. The van der Waals surface area contributed by atoms with Crippen LogP contribution in [0.5, 0.6) is 0 Å². The summed E-state index contributed by atoms with van der Waals surface area (Å²) in [4.78, 5) is 9.21. The summed E-state index contributed by atoms with van der Waals surface area (Å²) in [5, 5.41) is 3.32. The van der Waals surface area contributed by atoms with Crippen molar-refractivity contribution in [1.29, 1.82) is 0 Å². The van der Waals surface area contributed by atoms with Crippen molar-refractivity contribution in [1.82, 2.24) is 9.97 Å². The van der Waals surface area contributed by atoms with Gasteiger partial charge in [-0.05, 0) is 47.3 Å². The Bertz CT molecular complexity index is 656. The fourth-order valence-corrected chi connectivity index (χ4v) is 2.85. The SMILES string of the molecule is CCCNc1nc(-c2cccc(F)c2)nc(C2CC2)c1Br. The first-order valence-corrected chi connectivity index (χ1v) is 8.05. The van der Waals surface area contributed by atoms with E-state index >= 15 is 0 Å². The molecule has 0 saturated heterocycles. The largest absolute Gasteiger partial charge is 0.369 e. The van der Waals surface area contributed by atoms with E-state index in [2.05, 4.69) is 38.1 Å². The summed E-state index contributed by atoms with van der Waals surface area (Å²) in [7, 11) is 0. The van der Waals surface area contributed by atoms with Crippen molar-refractivity contribution >= 4 is 21.7 Å². The number of benzene rings is 1. The lowest BCUT2D eigenvalue weighted by molar-refractivity contribution is 0.628. The summed E-state index contributed by atoms with van der Waals surface area (Å²) in [6, 6.07) is 6.43. The summed E-state index contributed by atoms with van der Waals surface area (Å²) in [6.07, 6.45) is 3.33. The molecule has 5 heteroatoms. The number of hydrogen-bond acceptors (Lipinski definition) is 3. The second kappa shape index (κ2) is 6.10. The van der Waals surface area contributed by atoms with E-state index in [1.165, 1.54) is 12.1 Å². The van der Waals surface area contributed by atoms with Gasteiger partial charge >= 0.3 is 0 Å². The molecule has 0 amide bonds. The maximum Gasteiger partial charge on any atom is 0.161 e. The monoisotopic (exact) mass is 349 g/mol. The number of aromatic nitrogens is 2. The van der Waals surface area contributed by atoms with Gasteiger partial charge in [0.25, 0.3) is 0 Å². The lowest BCUT2D eigenvalue weighted by atomic mass is 10.2. The Morgan fingerprint density at radius 1 is 1.33 bits per heavy atom.